The molecule has 2 heterocycles. The van der Waals surface area contributed by atoms with Crippen molar-refractivity contribution in [2.45, 2.75) is 6.42 Å². The molecule has 1 aliphatic rings. The van der Waals surface area contributed by atoms with Crippen LogP contribution in [0.1, 0.15) is 6.42 Å². The number of halogens is 1. The van der Waals surface area contributed by atoms with Gasteiger partial charge in [0.05, 0.1) is 13.2 Å². The van der Waals surface area contributed by atoms with E-state index in [2.05, 4.69) is 21.4 Å². The minimum Gasteiger partial charge on any atom is -0.377 e. The maximum Gasteiger partial charge on any atom is 0.255 e. The van der Waals surface area contributed by atoms with Crippen LogP contribution in [0.4, 0.5) is 10.2 Å². The molecular formula is C10H12FN3O. The molecular weight excluding hydrogens is 197 g/mol. The third kappa shape index (κ3) is 2.73. The van der Waals surface area contributed by atoms with Crippen LogP contribution in [-0.2, 0) is 4.74 Å². The van der Waals surface area contributed by atoms with Gasteiger partial charge in [0.1, 0.15) is 0 Å². The minimum atomic E-state index is -0.574. The Labute approximate surface area is 87.2 Å². The summed E-state index contributed by atoms with van der Waals surface area (Å²) in [6, 6.07) is 0. The molecule has 0 atom stereocenters. The Morgan fingerprint density at radius 2 is 2.27 bits per heavy atom. The number of nitrogens with zero attached hydrogens (tertiary/aromatic N) is 2. The molecule has 0 saturated carbocycles. The van der Waals surface area contributed by atoms with E-state index in [1.807, 2.05) is 0 Å². The van der Waals surface area contributed by atoms with Gasteiger partial charge < -0.3 is 10.1 Å². The lowest BCUT2D eigenvalue weighted by Crippen LogP contribution is -2.15. The second kappa shape index (κ2) is 4.84. The molecule has 0 amide bonds. The van der Waals surface area contributed by atoms with Crippen LogP contribution in [0, 0.1) is 5.95 Å². The van der Waals surface area contributed by atoms with Crippen molar-refractivity contribution in [3.63, 3.8) is 0 Å². The number of hydrogen-bond donors (Lipinski definition) is 1. The molecule has 80 valence electrons. The first kappa shape index (κ1) is 10.0. The van der Waals surface area contributed by atoms with Crippen LogP contribution in [0.3, 0.4) is 0 Å². The molecule has 1 aliphatic heterocycles. The predicted octanol–water partition coefficient (Wildman–Crippen LogP) is 1.37. The van der Waals surface area contributed by atoms with Gasteiger partial charge in [0, 0.05) is 18.9 Å². The highest BCUT2D eigenvalue weighted by Gasteiger charge is 2.06. The molecule has 0 spiro atoms. The van der Waals surface area contributed by atoms with Gasteiger partial charge in [0.15, 0.2) is 5.82 Å². The van der Waals surface area contributed by atoms with Crippen molar-refractivity contribution in [3.05, 3.63) is 30.0 Å². The molecule has 1 N–H and O–H groups in total. The molecule has 1 aromatic rings. The van der Waals surface area contributed by atoms with Crippen molar-refractivity contribution in [1.82, 2.24) is 9.97 Å². The molecule has 1 aromatic heterocycles. The second-order valence-corrected chi connectivity index (χ2v) is 3.25. The molecule has 0 fully saturated rings. The van der Waals surface area contributed by atoms with Crippen LogP contribution >= 0.6 is 0 Å². The van der Waals surface area contributed by atoms with Crippen molar-refractivity contribution in [2.75, 3.05) is 25.1 Å². The van der Waals surface area contributed by atoms with Gasteiger partial charge >= 0.3 is 0 Å². The van der Waals surface area contributed by atoms with Crippen LogP contribution in [-0.4, -0.2) is 29.7 Å². The zero-order valence-corrected chi connectivity index (χ0v) is 8.24. The summed E-state index contributed by atoms with van der Waals surface area (Å²) < 4.78 is 18.3. The van der Waals surface area contributed by atoms with Crippen molar-refractivity contribution in [3.8, 4) is 0 Å². The van der Waals surface area contributed by atoms with Gasteiger partial charge in [-0.1, -0.05) is 6.08 Å². The molecule has 0 saturated heterocycles. The summed E-state index contributed by atoms with van der Waals surface area (Å²) in [5, 5.41) is 2.89. The van der Waals surface area contributed by atoms with Gasteiger partial charge in [0.25, 0.3) is 5.95 Å². The highest BCUT2D eigenvalue weighted by molar-refractivity contribution is 5.34. The first-order chi connectivity index (χ1) is 7.36. The molecule has 0 aliphatic carbocycles. The number of nitrogens with one attached hydrogen (secondary N) is 1. The van der Waals surface area contributed by atoms with Gasteiger partial charge in [-0.3, -0.25) is 0 Å². The molecule has 0 radical (unpaired) electrons. The maximum atomic E-state index is 13.1. The third-order valence-corrected chi connectivity index (χ3v) is 2.12. The van der Waals surface area contributed by atoms with E-state index in [0.717, 1.165) is 18.6 Å². The fourth-order valence-corrected chi connectivity index (χ4v) is 1.37. The SMILES string of the molecule is Fc1nccnc1NCC1=CCCOC1. The first-order valence-corrected chi connectivity index (χ1v) is 4.82. The molecule has 4 nitrogen and oxygen atoms in total. The lowest BCUT2D eigenvalue weighted by molar-refractivity contribution is 0.150. The molecule has 0 unspecified atom stereocenters. The second-order valence-electron chi connectivity index (χ2n) is 3.25. The summed E-state index contributed by atoms with van der Waals surface area (Å²) in [4.78, 5) is 7.35. The zero-order chi connectivity index (χ0) is 10.5. The van der Waals surface area contributed by atoms with Gasteiger partial charge in [-0.2, -0.15) is 4.39 Å². The topological polar surface area (TPSA) is 47.0 Å². The molecule has 15 heavy (non-hydrogen) atoms. The van der Waals surface area contributed by atoms with Gasteiger partial charge in [-0.25, -0.2) is 9.97 Å². The smallest absolute Gasteiger partial charge is 0.255 e. The number of aromatic nitrogens is 2. The van der Waals surface area contributed by atoms with Crippen LogP contribution in [0.25, 0.3) is 0 Å². The number of rotatable bonds is 3. The summed E-state index contributed by atoms with van der Waals surface area (Å²) in [5.74, 6) is -0.390. The Hall–Kier alpha value is -1.49. The van der Waals surface area contributed by atoms with E-state index in [4.69, 9.17) is 4.74 Å². The minimum absolute atomic E-state index is 0.184. The fourth-order valence-electron chi connectivity index (χ4n) is 1.37. The lowest BCUT2D eigenvalue weighted by atomic mass is 10.2. The van der Waals surface area contributed by atoms with Crippen molar-refractivity contribution < 1.29 is 9.13 Å². The van der Waals surface area contributed by atoms with Crippen molar-refractivity contribution in [2.24, 2.45) is 0 Å². The normalized spacial score (nSPS) is 15.9. The fraction of sp³-hybridized carbons (Fsp3) is 0.400. The van der Waals surface area contributed by atoms with Crippen LogP contribution < -0.4 is 5.32 Å². The summed E-state index contributed by atoms with van der Waals surface area (Å²) in [6.45, 7) is 1.92. The van der Waals surface area contributed by atoms with Gasteiger partial charge in [-0.15, -0.1) is 0 Å². The maximum absolute atomic E-state index is 13.1. The summed E-state index contributed by atoms with van der Waals surface area (Å²) in [5.41, 5.74) is 1.12. The summed E-state index contributed by atoms with van der Waals surface area (Å²) >= 11 is 0. The number of ether oxygens (including phenoxy) is 1. The Kier molecular flexibility index (Phi) is 3.24. The quantitative estimate of drug-likeness (QED) is 0.764. The largest absolute Gasteiger partial charge is 0.377 e. The molecule has 5 heteroatoms. The van der Waals surface area contributed by atoms with Crippen LogP contribution in [0.5, 0.6) is 0 Å². The summed E-state index contributed by atoms with van der Waals surface area (Å²) in [7, 11) is 0. The Morgan fingerprint density at radius 1 is 1.40 bits per heavy atom. The average Bonchev–Trinajstić information content (AvgIpc) is 2.29. The van der Waals surface area contributed by atoms with Crippen molar-refractivity contribution >= 4 is 5.82 Å². The van der Waals surface area contributed by atoms with Crippen LogP contribution in [0.2, 0.25) is 0 Å². The van der Waals surface area contributed by atoms with Gasteiger partial charge in [0.2, 0.25) is 0 Å². The molecule has 0 bridgehead atoms. The highest BCUT2D eigenvalue weighted by atomic mass is 19.1. The standard InChI is InChI=1S/C10H12FN3O/c11-9-10(13-4-3-12-9)14-6-8-2-1-5-15-7-8/h2-4H,1,5-7H2,(H,13,14). The van der Waals surface area contributed by atoms with E-state index in [-0.39, 0.29) is 5.82 Å². The average molecular weight is 209 g/mol. The van der Waals surface area contributed by atoms with Crippen LogP contribution in [0.15, 0.2) is 24.0 Å². The van der Waals surface area contributed by atoms with E-state index in [1.165, 1.54) is 12.4 Å². The Morgan fingerprint density at radius 3 is 3.00 bits per heavy atom. The molecule has 0 aromatic carbocycles. The van der Waals surface area contributed by atoms with Gasteiger partial charge in [-0.05, 0) is 12.0 Å². The Balaban J connectivity index is 1.93. The first-order valence-electron chi connectivity index (χ1n) is 4.82. The lowest BCUT2D eigenvalue weighted by Gasteiger charge is -2.14. The number of hydrogen-bond acceptors (Lipinski definition) is 4. The van der Waals surface area contributed by atoms with E-state index < -0.39 is 5.95 Å². The summed E-state index contributed by atoms with van der Waals surface area (Å²) in [6.07, 6.45) is 5.80. The number of anilines is 1. The van der Waals surface area contributed by atoms with Crippen molar-refractivity contribution in [1.29, 1.82) is 0 Å². The Bertz CT molecular complexity index is 367. The monoisotopic (exact) mass is 209 g/mol. The van der Waals surface area contributed by atoms with E-state index in [0.29, 0.717) is 13.2 Å². The highest BCUT2D eigenvalue weighted by Crippen LogP contribution is 2.09. The van der Waals surface area contributed by atoms with E-state index >= 15 is 0 Å². The zero-order valence-electron chi connectivity index (χ0n) is 8.24. The van der Waals surface area contributed by atoms with E-state index in [1.54, 1.807) is 0 Å². The molecule has 2 rings (SSSR count). The predicted molar refractivity (Wildman–Crippen MR) is 54.0 cm³/mol. The third-order valence-electron chi connectivity index (χ3n) is 2.12. The van der Waals surface area contributed by atoms with E-state index in [9.17, 15) is 4.39 Å².